The summed E-state index contributed by atoms with van der Waals surface area (Å²) in [7, 11) is 0.00949. The maximum absolute atomic E-state index is 6.10. The van der Waals surface area contributed by atoms with Gasteiger partial charge in [-0.25, -0.2) is 0 Å². The predicted octanol–water partition coefficient (Wildman–Crippen LogP) is 4.51. The third-order valence-electron chi connectivity index (χ3n) is 2.92. The average Bonchev–Trinajstić information content (AvgIpc) is 2.37. The van der Waals surface area contributed by atoms with E-state index in [9.17, 15) is 0 Å². The Bertz CT molecular complexity index is 479. The highest BCUT2D eigenvalue weighted by atomic mass is 35.5. The van der Waals surface area contributed by atoms with Crippen LogP contribution in [0.2, 0.25) is 24.7 Å². The van der Waals surface area contributed by atoms with Gasteiger partial charge in [-0.15, -0.1) is 0 Å². The smallest absolute Gasteiger partial charge is 0.241 e. The predicted molar refractivity (Wildman–Crippen MR) is 83.2 cm³/mol. The van der Waals surface area contributed by atoms with Crippen molar-refractivity contribution in [2.75, 3.05) is 7.11 Å². The average molecular weight is 313 g/mol. The number of ether oxygens (including phenoxy) is 2. The number of hydrogen-bond acceptors (Lipinski definition) is 3. The maximum atomic E-state index is 6.10. The number of rotatable bonds is 4. The largest absolute Gasteiger partial charge is 0.547 e. The lowest BCUT2D eigenvalue weighted by Crippen LogP contribution is -2.30. The van der Waals surface area contributed by atoms with Gasteiger partial charge >= 0.3 is 0 Å². The fraction of sp³-hybridized carbons (Fsp3) is 0.467. The third kappa shape index (κ3) is 4.35. The molecule has 1 unspecified atom stereocenters. The Morgan fingerprint density at radius 3 is 2.40 bits per heavy atom. The molecule has 1 aliphatic heterocycles. The fourth-order valence-electron chi connectivity index (χ4n) is 2.12. The minimum atomic E-state index is -1.63. The summed E-state index contributed by atoms with van der Waals surface area (Å²) in [6.45, 7) is 6.51. The Labute approximate surface area is 126 Å². The van der Waals surface area contributed by atoms with Crippen LogP contribution >= 0.6 is 11.6 Å². The first-order valence-corrected chi connectivity index (χ1v) is 10.5. The van der Waals surface area contributed by atoms with Crippen molar-refractivity contribution in [2.45, 2.75) is 38.5 Å². The minimum Gasteiger partial charge on any atom is -0.547 e. The van der Waals surface area contributed by atoms with E-state index in [1.54, 1.807) is 7.11 Å². The van der Waals surface area contributed by atoms with Crippen LogP contribution in [0.15, 0.2) is 36.1 Å². The lowest BCUT2D eigenvalue weighted by atomic mass is 10.0. The van der Waals surface area contributed by atoms with E-state index in [0.717, 1.165) is 22.8 Å². The molecule has 0 fully saturated rings. The molecule has 0 aromatic heterocycles. The molecule has 20 heavy (non-hydrogen) atoms. The molecule has 0 amide bonds. The SMILES string of the molecule is COC1C=C(O[Si](C)(C)C)C[C@@H](c2ccc(Cl)cc2)O1. The lowest BCUT2D eigenvalue weighted by Gasteiger charge is -2.32. The summed E-state index contributed by atoms with van der Waals surface area (Å²) in [5.74, 6) is 0.960. The van der Waals surface area contributed by atoms with E-state index in [2.05, 4.69) is 19.6 Å². The van der Waals surface area contributed by atoms with Crippen molar-refractivity contribution in [3.8, 4) is 0 Å². The second kappa shape index (κ2) is 6.31. The van der Waals surface area contributed by atoms with Crippen LogP contribution in [0.1, 0.15) is 18.1 Å². The minimum absolute atomic E-state index is 0.0615. The molecule has 0 saturated heterocycles. The van der Waals surface area contributed by atoms with Gasteiger partial charge in [0.05, 0.1) is 11.9 Å². The van der Waals surface area contributed by atoms with Gasteiger partial charge in [0, 0.05) is 24.6 Å². The summed E-state index contributed by atoms with van der Waals surface area (Å²) in [5, 5.41) is 0.724. The molecule has 1 heterocycles. The first-order chi connectivity index (χ1) is 9.37. The topological polar surface area (TPSA) is 27.7 Å². The molecule has 1 aliphatic rings. The Morgan fingerprint density at radius 1 is 1.20 bits per heavy atom. The van der Waals surface area contributed by atoms with Crippen molar-refractivity contribution in [2.24, 2.45) is 0 Å². The number of hydrogen-bond donors (Lipinski definition) is 0. The highest BCUT2D eigenvalue weighted by molar-refractivity contribution is 6.70. The van der Waals surface area contributed by atoms with E-state index >= 15 is 0 Å². The molecule has 3 nitrogen and oxygen atoms in total. The third-order valence-corrected chi connectivity index (χ3v) is 4.04. The Kier molecular flexibility index (Phi) is 4.91. The van der Waals surface area contributed by atoms with Crippen molar-refractivity contribution >= 4 is 19.9 Å². The molecular formula is C15H21ClO3Si. The van der Waals surface area contributed by atoms with Gasteiger partial charge in [0.2, 0.25) is 8.32 Å². The van der Waals surface area contributed by atoms with Crippen LogP contribution in [0.4, 0.5) is 0 Å². The van der Waals surface area contributed by atoms with E-state index in [-0.39, 0.29) is 12.4 Å². The first kappa shape index (κ1) is 15.6. The normalized spacial score (nSPS) is 23.4. The molecule has 0 bridgehead atoms. The van der Waals surface area contributed by atoms with Crippen LogP contribution in [0.3, 0.4) is 0 Å². The van der Waals surface area contributed by atoms with Gasteiger partial charge in [-0.3, -0.25) is 0 Å². The Hall–Kier alpha value is -0.813. The zero-order valence-electron chi connectivity index (χ0n) is 12.4. The van der Waals surface area contributed by atoms with Crippen molar-refractivity contribution in [1.82, 2.24) is 0 Å². The van der Waals surface area contributed by atoms with Crippen molar-refractivity contribution in [1.29, 1.82) is 0 Å². The highest BCUT2D eigenvalue weighted by Crippen LogP contribution is 2.33. The van der Waals surface area contributed by atoms with Crippen LogP contribution in [0.25, 0.3) is 0 Å². The molecule has 2 rings (SSSR count). The lowest BCUT2D eigenvalue weighted by molar-refractivity contribution is -0.139. The first-order valence-electron chi connectivity index (χ1n) is 6.71. The zero-order valence-corrected chi connectivity index (χ0v) is 14.1. The highest BCUT2D eigenvalue weighted by Gasteiger charge is 2.28. The van der Waals surface area contributed by atoms with Crippen LogP contribution in [0, 0.1) is 0 Å². The molecule has 0 radical (unpaired) electrons. The zero-order chi connectivity index (χ0) is 14.8. The van der Waals surface area contributed by atoms with Gasteiger partial charge in [0.1, 0.15) is 0 Å². The van der Waals surface area contributed by atoms with Crippen LogP contribution < -0.4 is 0 Å². The summed E-state index contributed by atoms with van der Waals surface area (Å²) in [5.41, 5.74) is 1.08. The summed E-state index contributed by atoms with van der Waals surface area (Å²) >= 11 is 5.93. The molecule has 1 aromatic carbocycles. The molecule has 0 N–H and O–H groups in total. The molecule has 5 heteroatoms. The van der Waals surface area contributed by atoms with Crippen molar-refractivity contribution in [3.63, 3.8) is 0 Å². The van der Waals surface area contributed by atoms with Crippen molar-refractivity contribution < 1.29 is 13.9 Å². The molecule has 0 spiro atoms. The molecule has 110 valence electrons. The number of halogens is 1. The summed E-state index contributed by atoms with van der Waals surface area (Å²) in [4.78, 5) is 0. The second-order valence-electron chi connectivity index (χ2n) is 5.83. The molecular weight excluding hydrogens is 292 g/mol. The summed E-state index contributed by atoms with van der Waals surface area (Å²) in [6.07, 6.45) is 2.22. The molecule has 0 saturated carbocycles. The van der Waals surface area contributed by atoms with E-state index in [4.69, 9.17) is 25.5 Å². The Balaban J connectivity index is 2.16. The maximum Gasteiger partial charge on any atom is 0.241 e. The molecule has 2 atom stereocenters. The van der Waals surface area contributed by atoms with Gasteiger partial charge in [-0.2, -0.15) is 0 Å². The summed E-state index contributed by atoms with van der Waals surface area (Å²) in [6, 6.07) is 7.72. The van der Waals surface area contributed by atoms with E-state index in [0.29, 0.717) is 0 Å². The molecule has 0 aliphatic carbocycles. The number of benzene rings is 1. The number of methoxy groups -OCH3 is 1. The van der Waals surface area contributed by atoms with Gasteiger partial charge in [0.25, 0.3) is 0 Å². The van der Waals surface area contributed by atoms with E-state index in [1.165, 1.54) is 0 Å². The summed E-state index contributed by atoms with van der Waals surface area (Å²) < 4.78 is 17.3. The van der Waals surface area contributed by atoms with Gasteiger partial charge < -0.3 is 13.9 Å². The van der Waals surface area contributed by atoms with Gasteiger partial charge in [0.15, 0.2) is 6.29 Å². The van der Waals surface area contributed by atoms with Crippen LogP contribution in [-0.2, 0) is 13.9 Å². The second-order valence-corrected chi connectivity index (χ2v) is 10.7. The fourth-order valence-corrected chi connectivity index (χ4v) is 3.18. The monoisotopic (exact) mass is 312 g/mol. The standard InChI is InChI=1S/C15H21ClO3Si/c1-17-15-10-13(19-20(2,3)4)9-14(18-15)11-5-7-12(16)8-6-11/h5-8,10,14-15H,9H2,1-4H3/t14-,15?/m0/s1. The van der Waals surface area contributed by atoms with E-state index in [1.807, 2.05) is 30.3 Å². The van der Waals surface area contributed by atoms with Crippen molar-refractivity contribution in [3.05, 3.63) is 46.7 Å². The molecule has 1 aromatic rings. The van der Waals surface area contributed by atoms with Crippen LogP contribution in [0.5, 0.6) is 0 Å². The van der Waals surface area contributed by atoms with E-state index < -0.39 is 8.32 Å². The van der Waals surface area contributed by atoms with Gasteiger partial charge in [-0.1, -0.05) is 23.7 Å². The van der Waals surface area contributed by atoms with Gasteiger partial charge in [-0.05, 0) is 37.3 Å². The van der Waals surface area contributed by atoms with Crippen LogP contribution in [-0.4, -0.2) is 21.7 Å². The Morgan fingerprint density at radius 2 is 1.85 bits per heavy atom. The quantitative estimate of drug-likeness (QED) is 0.766.